The van der Waals surface area contributed by atoms with Gasteiger partial charge in [-0.15, -0.1) is 0 Å². The van der Waals surface area contributed by atoms with Crippen LogP contribution in [0.15, 0.2) is 4.42 Å². The van der Waals surface area contributed by atoms with E-state index < -0.39 is 24.1 Å². The molecule has 0 aliphatic carbocycles. The SMILES string of the molecule is COC(=O)NC(=O)[C@H](C)OC(=O)c1c(C)oc(C)c1C. The summed E-state index contributed by atoms with van der Waals surface area (Å²) in [7, 11) is 1.13. The van der Waals surface area contributed by atoms with E-state index in [1.165, 1.54) is 6.92 Å². The number of nitrogens with one attached hydrogen (secondary N) is 1. The fourth-order valence-electron chi connectivity index (χ4n) is 1.62. The summed E-state index contributed by atoms with van der Waals surface area (Å²) in [4.78, 5) is 34.4. The zero-order valence-corrected chi connectivity index (χ0v) is 12.0. The Bertz CT molecular complexity index is 545. The highest BCUT2D eigenvalue weighted by Crippen LogP contribution is 2.21. The van der Waals surface area contributed by atoms with Crippen molar-refractivity contribution < 1.29 is 28.3 Å². The summed E-state index contributed by atoms with van der Waals surface area (Å²) in [5.74, 6) is -0.406. The molecular weight excluding hydrogens is 266 g/mol. The van der Waals surface area contributed by atoms with Gasteiger partial charge >= 0.3 is 12.1 Å². The average Bonchev–Trinajstić information content (AvgIpc) is 2.62. The van der Waals surface area contributed by atoms with Gasteiger partial charge in [0.15, 0.2) is 6.10 Å². The summed E-state index contributed by atoms with van der Waals surface area (Å²) in [5.41, 5.74) is 0.952. The maximum atomic E-state index is 12.0. The molecular formula is C13H17NO6. The van der Waals surface area contributed by atoms with Gasteiger partial charge < -0.3 is 13.9 Å². The molecule has 0 aromatic carbocycles. The van der Waals surface area contributed by atoms with Crippen LogP contribution in [0.1, 0.15) is 34.4 Å². The molecule has 1 heterocycles. The molecule has 0 bridgehead atoms. The number of furan rings is 1. The molecule has 0 saturated carbocycles. The summed E-state index contributed by atoms with van der Waals surface area (Å²) in [6.07, 6.45) is -2.04. The van der Waals surface area contributed by atoms with Crippen molar-refractivity contribution in [1.82, 2.24) is 5.32 Å². The number of aryl methyl sites for hydroxylation is 2. The van der Waals surface area contributed by atoms with Crippen molar-refractivity contribution in [1.29, 1.82) is 0 Å². The number of carbonyl (C=O) groups is 3. The number of hydrogen-bond acceptors (Lipinski definition) is 6. The molecule has 1 rings (SSSR count). The fraction of sp³-hybridized carbons (Fsp3) is 0.462. The number of alkyl carbamates (subject to hydrolysis) is 1. The number of carbonyl (C=O) groups excluding carboxylic acids is 3. The first-order valence-electron chi connectivity index (χ1n) is 5.94. The molecule has 0 aliphatic rings. The second-order valence-electron chi connectivity index (χ2n) is 4.24. The maximum absolute atomic E-state index is 12.0. The molecule has 7 heteroatoms. The first-order chi connectivity index (χ1) is 9.27. The molecule has 1 aromatic heterocycles. The molecule has 0 saturated heterocycles. The lowest BCUT2D eigenvalue weighted by atomic mass is 10.1. The molecule has 0 spiro atoms. The summed E-state index contributed by atoms with van der Waals surface area (Å²) in [6, 6.07) is 0. The minimum absolute atomic E-state index is 0.292. The number of methoxy groups -OCH3 is 1. The molecule has 1 atom stereocenters. The number of hydrogen-bond donors (Lipinski definition) is 1. The normalized spacial score (nSPS) is 11.7. The Balaban J connectivity index is 2.75. The Morgan fingerprint density at radius 1 is 1.15 bits per heavy atom. The standard InChI is InChI=1S/C13H17NO6/c1-6-7(2)19-8(3)10(6)12(16)20-9(4)11(15)14-13(17)18-5/h9H,1-5H3,(H,14,15,17)/t9-/m0/s1. The van der Waals surface area contributed by atoms with Crippen molar-refractivity contribution in [3.8, 4) is 0 Å². The molecule has 110 valence electrons. The molecule has 0 unspecified atom stereocenters. The predicted octanol–water partition coefficient (Wildman–Crippen LogP) is 1.63. The first kappa shape index (κ1) is 15.7. The Kier molecular flexibility index (Phi) is 4.90. The largest absolute Gasteiger partial charge is 0.465 e. The lowest BCUT2D eigenvalue weighted by Gasteiger charge is -2.12. The van der Waals surface area contributed by atoms with Gasteiger partial charge in [-0.2, -0.15) is 0 Å². The first-order valence-corrected chi connectivity index (χ1v) is 5.94. The zero-order valence-electron chi connectivity index (χ0n) is 12.0. The molecule has 0 fully saturated rings. The van der Waals surface area contributed by atoms with Crippen molar-refractivity contribution in [2.75, 3.05) is 7.11 Å². The Hall–Kier alpha value is -2.31. The van der Waals surface area contributed by atoms with E-state index >= 15 is 0 Å². The van der Waals surface area contributed by atoms with E-state index in [0.29, 0.717) is 22.6 Å². The van der Waals surface area contributed by atoms with Crippen molar-refractivity contribution in [2.24, 2.45) is 0 Å². The van der Waals surface area contributed by atoms with E-state index in [1.54, 1.807) is 20.8 Å². The minimum Gasteiger partial charge on any atom is -0.465 e. The van der Waals surface area contributed by atoms with Crippen molar-refractivity contribution in [3.63, 3.8) is 0 Å². The number of amides is 2. The second-order valence-corrected chi connectivity index (χ2v) is 4.24. The van der Waals surface area contributed by atoms with Gasteiger partial charge in [-0.1, -0.05) is 0 Å². The summed E-state index contributed by atoms with van der Waals surface area (Å²) < 4.78 is 14.6. The van der Waals surface area contributed by atoms with E-state index in [0.717, 1.165) is 7.11 Å². The summed E-state index contributed by atoms with van der Waals surface area (Å²) in [5, 5.41) is 1.92. The third-order valence-electron chi connectivity index (χ3n) is 2.83. The van der Waals surface area contributed by atoms with Crippen LogP contribution in [0.5, 0.6) is 0 Å². The van der Waals surface area contributed by atoms with Gasteiger partial charge in [0.25, 0.3) is 5.91 Å². The topological polar surface area (TPSA) is 94.8 Å². The van der Waals surface area contributed by atoms with Crippen LogP contribution in [0, 0.1) is 20.8 Å². The quantitative estimate of drug-likeness (QED) is 0.847. The third-order valence-corrected chi connectivity index (χ3v) is 2.83. The minimum atomic E-state index is -1.13. The number of imide groups is 1. The molecule has 20 heavy (non-hydrogen) atoms. The third kappa shape index (κ3) is 3.37. The highest BCUT2D eigenvalue weighted by molar-refractivity contribution is 5.97. The predicted molar refractivity (Wildman–Crippen MR) is 68.3 cm³/mol. The van der Waals surface area contributed by atoms with E-state index in [9.17, 15) is 14.4 Å². The van der Waals surface area contributed by atoms with Gasteiger partial charge in [-0.05, 0) is 27.7 Å². The monoisotopic (exact) mass is 283 g/mol. The van der Waals surface area contributed by atoms with Gasteiger partial charge in [0, 0.05) is 5.56 Å². The van der Waals surface area contributed by atoms with Crippen LogP contribution in [0.3, 0.4) is 0 Å². The number of ether oxygens (including phenoxy) is 2. The van der Waals surface area contributed by atoms with E-state index in [2.05, 4.69) is 4.74 Å². The Labute approximate surface area is 116 Å². The lowest BCUT2D eigenvalue weighted by molar-refractivity contribution is -0.128. The van der Waals surface area contributed by atoms with Gasteiger partial charge in [0.1, 0.15) is 17.1 Å². The van der Waals surface area contributed by atoms with Gasteiger partial charge in [-0.25, -0.2) is 9.59 Å². The molecule has 7 nitrogen and oxygen atoms in total. The molecule has 0 radical (unpaired) electrons. The van der Waals surface area contributed by atoms with Gasteiger partial charge in [-0.3, -0.25) is 10.1 Å². The smallest absolute Gasteiger partial charge is 0.413 e. The van der Waals surface area contributed by atoms with E-state index in [4.69, 9.17) is 9.15 Å². The van der Waals surface area contributed by atoms with Crippen molar-refractivity contribution in [3.05, 3.63) is 22.6 Å². The molecule has 1 aromatic rings. The molecule has 2 amide bonds. The van der Waals surface area contributed by atoms with Gasteiger partial charge in [0.05, 0.1) is 7.11 Å². The number of rotatable bonds is 3. The van der Waals surface area contributed by atoms with Crippen LogP contribution >= 0.6 is 0 Å². The highest BCUT2D eigenvalue weighted by atomic mass is 16.6. The number of esters is 1. The van der Waals surface area contributed by atoms with Crippen LogP contribution in [0.2, 0.25) is 0 Å². The lowest BCUT2D eigenvalue weighted by Crippen LogP contribution is -2.39. The second kappa shape index (κ2) is 6.23. The zero-order chi connectivity index (χ0) is 15.4. The van der Waals surface area contributed by atoms with Gasteiger partial charge in [0.2, 0.25) is 0 Å². The van der Waals surface area contributed by atoms with Crippen LogP contribution in [-0.2, 0) is 14.3 Å². The molecule has 0 aliphatic heterocycles. The van der Waals surface area contributed by atoms with E-state index in [1.807, 2.05) is 5.32 Å². The Morgan fingerprint density at radius 2 is 1.75 bits per heavy atom. The van der Waals surface area contributed by atoms with Crippen LogP contribution < -0.4 is 5.32 Å². The van der Waals surface area contributed by atoms with E-state index in [-0.39, 0.29) is 0 Å². The highest BCUT2D eigenvalue weighted by Gasteiger charge is 2.25. The fourth-order valence-corrected chi connectivity index (χ4v) is 1.62. The van der Waals surface area contributed by atoms with Crippen molar-refractivity contribution in [2.45, 2.75) is 33.8 Å². The summed E-state index contributed by atoms with van der Waals surface area (Å²) in [6.45, 7) is 6.44. The Morgan fingerprint density at radius 3 is 2.20 bits per heavy atom. The van der Waals surface area contributed by atoms with Crippen LogP contribution in [0.25, 0.3) is 0 Å². The van der Waals surface area contributed by atoms with Crippen LogP contribution in [0.4, 0.5) is 4.79 Å². The average molecular weight is 283 g/mol. The van der Waals surface area contributed by atoms with Crippen LogP contribution in [-0.4, -0.2) is 31.2 Å². The summed E-state index contributed by atoms with van der Waals surface area (Å²) >= 11 is 0. The van der Waals surface area contributed by atoms with Crippen molar-refractivity contribution >= 4 is 18.0 Å². The maximum Gasteiger partial charge on any atom is 0.413 e. The molecule has 1 N–H and O–H groups in total.